The minimum Gasteiger partial charge on any atom is -0.507 e. The van der Waals surface area contributed by atoms with Crippen LogP contribution in [0.2, 0.25) is 0 Å². The summed E-state index contributed by atoms with van der Waals surface area (Å²) in [5.74, 6) is -2.01. The molecule has 0 aliphatic heterocycles. The van der Waals surface area contributed by atoms with Crippen molar-refractivity contribution in [2.75, 3.05) is 0 Å². The van der Waals surface area contributed by atoms with Gasteiger partial charge in [-0.25, -0.2) is 0 Å². The van der Waals surface area contributed by atoms with Gasteiger partial charge in [0.25, 0.3) is 0 Å². The van der Waals surface area contributed by atoms with E-state index in [-0.39, 0.29) is 17.7 Å². The van der Waals surface area contributed by atoms with Crippen molar-refractivity contribution in [3.8, 4) is 5.75 Å². The summed E-state index contributed by atoms with van der Waals surface area (Å²) < 4.78 is 0. The molecule has 25 heavy (non-hydrogen) atoms. The summed E-state index contributed by atoms with van der Waals surface area (Å²) in [6, 6.07) is 10.9. The van der Waals surface area contributed by atoms with E-state index in [9.17, 15) is 15.3 Å². The van der Waals surface area contributed by atoms with Gasteiger partial charge in [-0.1, -0.05) is 88.6 Å². The lowest BCUT2D eigenvalue weighted by Gasteiger charge is -2.24. The average molecular weight is 344 g/mol. The molecule has 0 spiro atoms. The fraction of sp³-hybridized carbons (Fsp3) is 0.545. The third-order valence-corrected chi connectivity index (χ3v) is 4.96. The number of rotatable bonds is 11. The third kappa shape index (κ3) is 5.72. The Hall–Kier alpha value is -1.58. The van der Waals surface area contributed by atoms with Crippen molar-refractivity contribution in [3.05, 3.63) is 42.0 Å². The molecule has 0 saturated carbocycles. The quantitative estimate of drug-likeness (QED) is 0.367. The third-order valence-electron chi connectivity index (χ3n) is 4.96. The van der Waals surface area contributed by atoms with E-state index in [1.807, 2.05) is 24.3 Å². The standard InChI is InChI=1S/C22H32O3/c1-2-3-4-5-6-7-8-9-12-17-22(24,25)20-16-15-18-13-10-11-14-19(18)21(20)23/h10-11,13-16,23-25H,2-9,12,17H2,1H3. The van der Waals surface area contributed by atoms with Gasteiger partial charge in [0.05, 0.1) is 5.56 Å². The molecule has 0 radical (unpaired) electrons. The summed E-state index contributed by atoms with van der Waals surface area (Å²) in [5, 5.41) is 32.8. The largest absolute Gasteiger partial charge is 0.507 e. The summed E-state index contributed by atoms with van der Waals surface area (Å²) in [7, 11) is 0. The molecular weight excluding hydrogens is 312 g/mol. The summed E-state index contributed by atoms with van der Waals surface area (Å²) >= 11 is 0. The number of hydrogen-bond donors (Lipinski definition) is 3. The second-order valence-corrected chi connectivity index (χ2v) is 7.08. The average Bonchev–Trinajstić information content (AvgIpc) is 2.60. The maximum atomic E-state index is 10.4. The number of phenolic OH excluding ortho intramolecular Hbond substituents is 1. The van der Waals surface area contributed by atoms with E-state index >= 15 is 0 Å². The van der Waals surface area contributed by atoms with E-state index in [2.05, 4.69) is 6.92 Å². The van der Waals surface area contributed by atoms with E-state index in [1.165, 1.54) is 38.5 Å². The van der Waals surface area contributed by atoms with Crippen molar-refractivity contribution in [1.29, 1.82) is 0 Å². The SMILES string of the molecule is CCCCCCCCCCCC(O)(O)c1ccc2ccccc2c1O. The Bertz CT molecular complexity index is 649. The molecule has 3 N–H and O–H groups in total. The van der Waals surface area contributed by atoms with Crippen molar-refractivity contribution in [1.82, 2.24) is 0 Å². The highest BCUT2D eigenvalue weighted by Crippen LogP contribution is 2.36. The molecular formula is C22H32O3. The number of aromatic hydroxyl groups is 1. The zero-order valence-corrected chi connectivity index (χ0v) is 15.4. The number of unbranched alkanes of at least 4 members (excludes halogenated alkanes) is 8. The molecule has 0 fully saturated rings. The number of hydrogen-bond acceptors (Lipinski definition) is 3. The van der Waals surface area contributed by atoms with Gasteiger partial charge in [-0.2, -0.15) is 0 Å². The predicted molar refractivity (Wildman–Crippen MR) is 104 cm³/mol. The number of benzene rings is 2. The lowest BCUT2D eigenvalue weighted by atomic mass is 9.95. The first-order valence-corrected chi connectivity index (χ1v) is 9.72. The molecule has 0 heterocycles. The molecule has 0 bridgehead atoms. The van der Waals surface area contributed by atoms with Crippen LogP contribution in [0.4, 0.5) is 0 Å². The Labute approximate surface area is 151 Å². The fourth-order valence-electron chi connectivity index (χ4n) is 3.40. The van der Waals surface area contributed by atoms with Gasteiger partial charge >= 0.3 is 0 Å². The van der Waals surface area contributed by atoms with Crippen molar-refractivity contribution in [3.63, 3.8) is 0 Å². The molecule has 0 amide bonds. The van der Waals surface area contributed by atoms with Crippen LogP contribution in [-0.4, -0.2) is 15.3 Å². The van der Waals surface area contributed by atoms with Crippen molar-refractivity contribution in [2.24, 2.45) is 0 Å². The fourth-order valence-corrected chi connectivity index (χ4v) is 3.40. The molecule has 0 saturated heterocycles. The summed E-state index contributed by atoms with van der Waals surface area (Å²) in [4.78, 5) is 0. The van der Waals surface area contributed by atoms with Crippen LogP contribution in [0.25, 0.3) is 10.8 Å². The van der Waals surface area contributed by atoms with E-state index in [1.54, 1.807) is 12.1 Å². The zero-order valence-electron chi connectivity index (χ0n) is 15.4. The smallest absolute Gasteiger partial charge is 0.193 e. The van der Waals surface area contributed by atoms with E-state index in [4.69, 9.17) is 0 Å². The first-order chi connectivity index (χ1) is 12.1. The van der Waals surface area contributed by atoms with Crippen LogP contribution in [0.15, 0.2) is 36.4 Å². The van der Waals surface area contributed by atoms with Gasteiger partial charge in [0.1, 0.15) is 5.75 Å². The van der Waals surface area contributed by atoms with E-state index in [0.29, 0.717) is 5.39 Å². The van der Waals surface area contributed by atoms with Crippen LogP contribution < -0.4 is 0 Å². The van der Waals surface area contributed by atoms with Gasteiger partial charge in [-0.05, 0) is 17.9 Å². The monoisotopic (exact) mass is 344 g/mol. The lowest BCUT2D eigenvalue weighted by molar-refractivity contribution is -0.176. The molecule has 0 atom stereocenters. The van der Waals surface area contributed by atoms with Crippen LogP contribution in [0.3, 0.4) is 0 Å². The Kier molecular flexibility index (Phi) is 7.73. The molecule has 3 heteroatoms. The number of phenols is 1. The van der Waals surface area contributed by atoms with E-state index < -0.39 is 5.79 Å². The normalized spacial score (nSPS) is 12.0. The Morgan fingerprint density at radius 2 is 1.36 bits per heavy atom. The molecule has 0 aliphatic carbocycles. The minimum absolute atomic E-state index is 0.0287. The highest BCUT2D eigenvalue weighted by Gasteiger charge is 2.29. The van der Waals surface area contributed by atoms with E-state index in [0.717, 1.165) is 24.6 Å². The molecule has 2 aromatic rings. The molecule has 3 nitrogen and oxygen atoms in total. The lowest BCUT2D eigenvalue weighted by Crippen LogP contribution is -2.25. The van der Waals surface area contributed by atoms with Gasteiger partial charge in [0.15, 0.2) is 5.79 Å². The Morgan fingerprint density at radius 3 is 2.04 bits per heavy atom. The zero-order chi connectivity index (χ0) is 18.1. The van der Waals surface area contributed by atoms with Crippen molar-refractivity contribution >= 4 is 10.8 Å². The van der Waals surface area contributed by atoms with Crippen LogP contribution in [0, 0.1) is 0 Å². The van der Waals surface area contributed by atoms with Gasteiger partial charge in [-0.15, -0.1) is 0 Å². The summed E-state index contributed by atoms with van der Waals surface area (Å²) in [6.07, 6.45) is 10.8. The first-order valence-electron chi connectivity index (χ1n) is 9.72. The van der Waals surface area contributed by atoms with Crippen LogP contribution >= 0.6 is 0 Å². The maximum Gasteiger partial charge on any atom is 0.193 e. The molecule has 0 aromatic heterocycles. The second kappa shape index (κ2) is 9.79. The summed E-state index contributed by atoms with van der Waals surface area (Å²) in [5.41, 5.74) is 0.200. The van der Waals surface area contributed by atoms with Gasteiger partial charge in [0, 0.05) is 11.8 Å². The van der Waals surface area contributed by atoms with Crippen molar-refractivity contribution < 1.29 is 15.3 Å². The second-order valence-electron chi connectivity index (χ2n) is 7.08. The Morgan fingerprint density at radius 1 is 0.760 bits per heavy atom. The molecule has 138 valence electrons. The van der Waals surface area contributed by atoms with Crippen molar-refractivity contribution in [2.45, 2.75) is 76.9 Å². The Balaban J connectivity index is 1.80. The maximum absolute atomic E-state index is 10.4. The van der Waals surface area contributed by atoms with Gasteiger partial charge in [-0.3, -0.25) is 0 Å². The first kappa shape index (κ1) is 19.7. The molecule has 2 rings (SSSR count). The van der Waals surface area contributed by atoms with Crippen LogP contribution in [-0.2, 0) is 5.79 Å². The highest BCUT2D eigenvalue weighted by molar-refractivity contribution is 5.89. The van der Waals surface area contributed by atoms with Crippen LogP contribution in [0.1, 0.15) is 76.7 Å². The highest BCUT2D eigenvalue weighted by atomic mass is 16.5. The number of fused-ring (bicyclic) bond motifs is 1. The molecule has 2 aromatic carbocycles. The van der Waals surface area contributed by atoms with Crippen LogP contribution in [0.5, 0.6) is 5.75 Å². The molecule has 0 unspecified atom stereocenters. The minimum atomic E-state index is -1.98. The summed E-state index contributed by atoms with van der Waals surface area (Å²) in [6.45, 7) is 2.23. The van der Waals surface area contributed by atoms with Gasteiger partial charge < -0.3 is 15.3 Å². The predicted octanol–water partition coefficient (Wildman–Crippen LogP) is 5.60. The van der Waals surface area contributed by atoms with Gasteiger partial charge in [0.2, 0.25) is 0 Å². The topological polar surface area (TPSA) is 60.7 Å². The molecule has 0 aliphatic rings. The number of aliphatic hydroxyl groups is 2.